The van der Waals surface area contributed by atoms with Crippen LogP contribution in [0.1, 0.15) is 39.5 Å². The summed E-state index contributed by atoms with van der Waals surface area (Å²) in [6.07, 6.45) is 3.53. The first-order chi connectivity index (χ1) is 8.99. The molecular weight excluding hydrogens is 248 g/mol. The van der Waals surface area contributed by atoms with Gasteiger partial charge >= 0.3 is 12.0 Å². The molecule has 3 N–H and O–H groups in total. The van der Waals surface area contributed by atoms with Gasteiger partial charge in [-0.2, -0.15) is 0 Å². The number of aliphatic carboxylic acids is 1. The molecule has 0 spiro atoms. The van der Waals surface area contributed by atoms with Gasteiger partial charge in [-0.25, -0.2) is 9.59 Å². The number of carbonyl (C=O) groups is 2. The minimum atomic E-state index is -1.00. The summed E-state index contributed by atoms with van der Waals surface area (Å²) >= 11 is 0. The molecule has 0 aromatic carbocycles. The summed E-state index contributed by atoms with van der Waals surface area (Å²) in [6, 6.07) is -1.31. The van der Waals surface area contributed by atoms with Crippen LogP contribution in [0.3, 0.4) is 0 Å². The van der Waals surface area contributed by atoms with Gasteiger partial charge in [0, 0.05) is 7.11 Å². The molecular formula is C13H24N2O4. The highest BCUT2D eigenvalue weighted by atomic mass is 16.5. The minimum absolute atomic E-state index is 0.0256. The van der Waals surface area contributed by atoms with Gasteiger partial charge in [-0.1, -0.05) is 20.3 Å². The van der Waals surface area contributed by atoms with E-state index in [0.29, 0.717) is 6.42 Å². The molecule has 3 unspecified atom stereocenters. The molecule has 0 aliphatic heterocycles. The van der Waals surface area contributed by atoms with Gasteiger partial charge in [-0.15, -0.1) is 0 Å². The van der Waals surface area contributed by atoms with Gasteiger partial charge in [0.1, 0.15) is 6.04 Å². The first-order valence-electron chi connectivity index (χ1n) is 6.82. The zero-order valence-electron chi connectivity index (χ0n) is 11.8. The van der Waals surface area contributed by atoms with Gasteiger partial charge in [0.15, 0.2) is 0 Å². The van der Waals surface area contributed by atoms with E-state index in [1.165, 1.54) is 0 Å². The average Bonchev–Trinajstić information content (AvgIpc) is 2.81. The van der Waals surface area contributed by atoms with E-state index in [4.69, 9.17) is 9.84 Å². The Morgan fingerprint density at radius 3 is 2.63 bits per heavy atom. The van der Waals surface area contributed by atoms with Crippen LogP contribution in [0.15, 0.2) is 0 Å². The Hall–Kier alpha value is -1.30. The van der Waals surface area contributed by atoms with Crippen molar-refractivity contribution in [1.82, 2.24) is 10.6 Å². The SMILES string of the molecule is CCC(C)[C@H](NC(=O)NC1CCCC1OC)C(=O)O. The maximum atomic E-state index is 11.9. The molecule has 0 bridgehead atoms. The predicted octanol–water partition coefficient (Wildman–Crippen LogP) is 1.35. The van der Waals surface area contributed by atoms with Gasteiger partial charge in [-0.3, -0.25) is 0 Å². The average molecular weight is 272 g/mol. The van der Waals surface area contributed by atoms with E-state index in [1.807, 2.05) is 13.8 Å². The third-order valence-electron chi connectivity index (χ3n) is 3.84. The molecule has 1 fully saturated rings. The molecule has 1 rings (SSSR count). The Morgan fingerprint density at radius 2 is 2.11 bits per heavy atom. The standard InChI is InChI=1S/C13H24N2O4/c1-4-8(2)11(12(16)17)15-13(18)14-9-6-5-7-10(9)19-3/h8-11H,4-7H2,1-3H3,(H,16,17)(H2,14,15,18)/t8?,9?,10?,11-/m0/s1. The van der Waals surface area contributed by atoms with Crippen LogP contribution < -0.4 is 10.6 Å². The molecule has 0 heterocycles. The lowest BCUT2D eigenvalue weighted by Crippen LogP contribution is -2.52. The second kappa shape index (κ2) is 7.33. The summed E-state index contributed by atoms with van der Waals surface area (Å²) < 4.78 is 5.29. The first kappa shape index (κ1) is 15.8. The molecule has 4 atom stereocenters. The van der Waals surface area contributed by atoms with Gasteiger partial charge < -0.3 is 20.5 Å². The van der Waals surface area contributed by atoms with Crippen molar-refractivity contribution in [2.75, 3.05) is 7.11 Å². The van der Waals surface area contributed by atoms with Crippen LogP contribution in [-0.4, -0.2) is 42.4 Å². The van der Waals surface area contributed by atoms with E-state index in [9.17, 15) is 9.59 Å². The Morgan fingerprint density at radius 1 is 1.42 bits per heavy atom. The molecule has 6 nitrogen and oxygen atoms in total. The Bertz CT molecular complexity index is 322. The zero-order chi connectivity index (χ0) is 14.4. The number of amides is 2. The summed E-state index contributed by atoms with van der Waals surface area (Å²) in [7, 11) is 1.63. The van der Waals surface area contributed by atoms with Crippen LogP contribution in [0, 0.1) is 5.92 Å². The highest BCUT2D eigenvalue weighted by Gasteiger charge is 2.30. The third kappa shape index (κ3) is 4.38. The normalized spacial score (nSPS) is 25.6. The molecule has 1 aliphatic carbocycles. The molecule has 0 aromatic rings. The van der Waals surface area contributed by atoms with Gasteiger partial charge in [0.2, 0.25) is 0 Å². The van der Waals surface area contributed by atoms with E-state index in [0.717, 1.165) is 19.3 Å². The quantitative estimate of drug-likeness (QED) is 0.681. The first-order valence-corrected chi connectivity index (χ1v) is 6.82. The van der Waals surface area contributed by atoms with Crippen molar-refractivity contribution in [3.8, 4) is 0 Å². The van der Waals surface area contributed by atoms with Crippen LogP contribution >= 0.6 is 0 Å². The van der Waals surface area contributed by atoms with E-state index in [2.05, 4.69) is 10.6 Å². The molecule has 6 heteroatoms. The highest BCUT2D eigenvalue weighted by Crippen LogP contribution is 2.21. The number of ether oxygens (including phenoxy) is 1. The van der Waals surface area contributed by atoms with Gasteiger partial charge in [-0.05, 0) is 25.2 Å². The second-order valence-corrected chi connectivity index (χ2v) is 5.13. The van der Waals surface area contributed by atoms with E-state index in [1.54, 1.807) is 7.11 Å². The molecule has 110 valence electrons. The highest BCUT2D eigenvalue weighted by molar-refractivity contribution is 5.82. The maximum Gasteiger partial charge on any atom is 0.326 e. The van der Waals surface area contributed by atoms with E-state index in [-0.39, 0.29) is 18.1 Å². The van der Waals surface area contributed by atoms with Crippen molar-refractivity contribution in [2.45, 2.75) is 57.7 Å². The van der Waals surface area contributed by atoms with Crippen LogP contribution in [0.4, 0.5) is 4.79 Å². The fourth-order valence-electron chi connectivity index (χ4n) is 2.41. The molecule has 19 heavy (non-hydrogen) atoms. The number of nitrogens with one attached hydrogen (secondary N) is 2. The molecule has 0 aromatic heterocycles. The molecule has 1 aliphatic rings. The van der Waals surface area contributed by atoms with Gasteiger partial charge in [0.25, 0.3) is 0 Å². The van der Waals surface area contributed by atoms with E-state index >= 15 is 0 Å². The number of urea groups is 1. The van der Waals surface area contributed by atoms with Gasteiger partial charge in [0.05, 0.1) is 12.1 Å². The van der Waals surface area contributed by atoms with Crippen LogP contribution in [-0.2, 0) is 9.53 Å². The second-order valence-electron chi connectivity index (χ2n) is 5.13. The Kier molecular flexibility index (Phi) is 6.08. The third-order valence-corrected chi connectivity index (χ3v) is 3.84. The zero-order valence-corrected chi connectivity index (χ0v) is 11.8. The van der Waals surface area contributed by atoms with Crippen molar-refractivity contribution in [1.29, 1.82) is 0 Å². The predicted molar refractivity (Wildman–Crippen MR) is 71.0 cm³/mol. The lowest BCUT2D eigenvalue weighted by atomic mass is 9.99. The number of hydrogen-bond acceptors (Lipinski definition) is 3. The van der Waals surface area contributed by atoms with Crippen molar-refractivity contribution in [3.63, 3.8) is 0 Å². The topological polar surface area (TPSA) is 87.7 Å². The largest absolute Gasteiger partial charge is 0.480 e. The fraction of sp³-hybridized carbons (Fsp3) is 0.846. The van der Waals surface area contributed by atoms with Crippen LogP contribution in [0.2, 0.25) is 0 Å². The number of carboxylic acid groups (broad SMARTS) is 1. The molecule has 0 radical (unpaired) electrons. The maximum absolute atomic E-state index is 11.9. The van der Waals surface area contributed by atoms with Crippen molar-refractivity contribution < 1.29 is 19.4 Å². The summed E-state index contributed by atoms with van der Waals surface area (Å²) in [5, 5.41) is 14.5. The number of rotatable bonds is 6. The summed E-state index contributed by atoms with van der Waals surface area (Å²) in [4.78, 5) is 23.0. The minimum Gasteiger partial charge on any atom is -0.480 e. The Labute approximate surface area is 113 Å². The lowest BCUT2D eigenvalue weighted by Gasteiger charge is -2.24. The van der Waals surface area contributed by atoms with Crippen LogP contribution in [0.5, 0.6) is 0 Å². The Balaban J connectivity index is 2.51. The number of carboxylic acids is 1. The molecule has 1 saturated carbocycles. The smallest absolute Gasteiger partial charge is 0.326 e. The lowest BCUT2D eigenvalue weighted by molar-refractivity contribution is -0.140. The number of methoxy groups -OCH3 is 1. The van der Waals surface area contributed by atoms with Crippen molar-refractivity contribution in [2.24, 2.45) is 5.92 Å². The van der Waals surface area contributed by atoms with E-state index < -0.39 is 18.0 Å². The number of hydrogen-bond donors (Lipinski definition) is 3. The number of carbonyl (C=O) groups excluding carboxylic acids is 1. The summed E-state index contributed by atoms with van der Waals surface area (Å²) in [5.41, 5.74) is 0. The summed E-state index contributed by atoms with van der Waals surface area (Å²) in [5.74, 6) is -1.11. The summed E-state index contributed by atoms with van der Waals surface area (Å²) in [6.45, 7) is 3.71. The molecule has 0 saturated heterocycles. The van der Waals surface area contributed by atoms with Crippen molar-refractivity contribution in [3.05, 3.63) is 0 Å². The fourth-order valence-corrected chi connectivity index (χ4v) is 2.41. The van der Waals surface area contributed by atoms with Crippen molar-refractivity contribution >= 4 is 12.0 Å². The van der Waals surface area contributed by atoms with Crippen LogP contribution in [0.25, 0.3) is 0 Å². The molecule has 2 amide bonds. The monoisotopic (exact) mass is 272 g/mol.